The average Bonchev–Trinajstić information content (AvgIpc) is 2.50. The summed E-state index contributed by atoms with van der Waals surface area (Å²) < 4.78 is 19.6. The Bertz CT molecular complexity index is 737. The maximum atomic E-state index is 13.4. The third-order valence-electron chi connectivity index (χ3n) is 3.66. The summed E-state index contributed by atoms with van der Waals surface area (Å²) in [5.74, 6) is 0.224. The molecule has 0 bridgehead atoms. The highest BCUT2D eigenvalue weighted by Crippen LogP contribution is 2.20. The van der Waals surface area contributed by atoms with E-state index in [1.165, 1.54) is 12.1 Å². The SMILES string of the molecule is COc1ccc(F)cc1C[NH+](C)CC(=O)Nc1ccc(Br)cc1C. The smallest absolute Gasteiger partial charge is 0.279 e. The van der Waals surface area contributed by atoms with Gasteiger partial charge in [0.25, 0.3) is 5.91 Å². The zero-order chi connectivity index (χ0) is 17.7. The van der Waals surface area contributed by atoms with Crippen molar-refractivity contribution in [3.63, 3.8) is 0 Å². The van der Waals surface area contributed by atoms with Gasteiger partial charge >= 0.3 is 0 Å². The van der Waals surface area contributed by atoms with Crippen molar-refractivity contribution in [3.8, 4) is 5.75 Å². The number of hydrogen-bond acceptors (Lipinski definition) is 2. The Balaban J connectivity index is 1.98. The monoisotopic (exact) mass is 395 g/mol. The number of hydrogen-bond donors (Lipinski definition) is 2. The molecule has 0 heterocycles. The van der Waals surface area contributed by atoms with Crippen LogP contribution in [0.25, 0.3) is 0 Å². The van der Waals surface area contributed by atoms with Gasteiger partial charge in [0.1, 0.15) is 18.1 Å². The van der Waals surface area contributed by atoms with Crippen LogP contribution in [0.15, 0.2) is 40.9 Å². The van der Waals surface area contributed by atoms with Gasteiger partial charge in [0.2, 0.25) is 0 Å². The standard InChI is InChI=1S/C18H20BrFN2O2/c1-12-8-14(19)4-6-16(12)21-18(23)11-22(2)10-13-9-15(20)5-7-17(13)24-3/h4-9H,10-11H2,1-3H3,(H,21,23)/p+1. The molecule has 2 N–H and O–H groups in total. The number of halogens is 2. The number of nitrogens with one attached hydrogen (secondary N) is 2. The zero-order valence-electron chi connectivity index (χ0n) is 14.0. The van der Waals surface area contributed by atoms with Crippen molar-refractivity contribution in [2.24, 2.45) is 0 Å². The maximum absolute atomic E-state index is 13.4. The van der Waals surface area contributed by atoms with Crippen LogP contribution >= 0.6 is 15.9 Å². The molecule has 4 nitrogen and oxygen atoms in total. The second-order valence-electron chi connectivity index (χ2n) is 5.77. The van der Waals surface area contributed by atoms with Crippen LogP contribution < -0.4 is 15.0 Å². The molecule has 0 fully saturated rings. The number of quaternary nitrogens is 1. The van der Waals surface area contributed by atoms with Gasteiger partial charge in [0.05, 0.1) is 19.7 Å². The van der Waals surface area contributed by atoms with E-state index in [0.29, 0.717) is 12.3 Å². The van der Waals surface area contributed by atoms with Crippen LogP contribution in [0.3, 0.4) is 0 Å². The highest BCUT2D eigenvalue weighted by Gasteiger charge is 2.15. The first-order valence-electron chi connectivity index (χ1n) is 7.58. The summed E-state index contributed by atoms with van der Waals surface area (Å²) in [5.41, 5.74) is 2.52. The number of aryl methyl sites for hydroxylation is 1. The Morgan fingerprint density at radius 2 is 2.04 bits per heavy atom. The molecule has 1 amide bonds. The molecule has 0 radical (unpaired) electrons. The number of methoxy groups -OCH3 is 1. The van der Waals surface area contributed by atoms with E-state index < -0.39 is 0 Å². The van der Waals surface area contributed by atoms with Gasteiger partial charge in [-0.2, -0.15) is 0 Å². The summed E-state index contributed by atoms with van der Waals surface area (Å²) >= 11 is 3.40. The minimum Gasteiger partial charge on any atom is -0.496 e. The summed E-state index contributed by atoms with van der Waals surface area (Å²) in [6.45, 7) is 2.71. The molecular weight excluding hydrogens is 375 g/mol. The molecule has 24 heavy (non-hydrogen) atoms. The highest BCUT2D eigenvalue weighted by atomic mass is 79.9. The normalized spacial score (nSPS) is 11.9. The zero-order valence-corrected chi connectivity index (χ0v) is 15.5. The Kier molecular flexibility index (Phi) is 6.34. The third-order valence-corrected chi connectivity index (χ3v) is 4.15. The molecule has 2 aromatic carbocycles. The van der Waals surface area contributed by atoms with E-state index in [2.05, 4.69) is 21.2 Å². The van der Waals surface area contributed by atoms with Crippen molar-refractivity contribution < 1.29 is 18.8 Å². The molecule has 1 unspecified atom stereocenters. The van der Waals surface area contributed by atoms with Crippen LogP contribution in [0.2, 0.25) is 0 Å². The van der Waals surface area contributed by atoms with Gasteiger partial charge in [0.15, 0.2) is 6.54 Å². The van der Waals surface area contributed by atoms with E-state index in [9.17, 15) is 9.18 Å². The Morgan fingerprint density at radius 1 is 1.29 bits per heavy atom. The van der Waals surface area contributed by atoms with Crippen LogP contribution in [0.4, 0.5) is 10.1 Å². The molecular formula is C18H21BrFN2O2+. The largest absolute Gasteiger partial charge is 0.496 e. The predicted octanol–water partition coefficient (Wildman–Crippen LogP) is 2.56. The Labute approximate surface area is 149 Å². The maximum Gasteiger partial charge on any atom is 0.279 e. The van der Waals surface area contributed by atoms with Gasteiger partial charge in [-0.15, -0.1) is 0 Å². The van der Waals surface area contributed by atoms with Crippen LogP contribution in [0.5, 0.6) is 5.75 Å². The molecule has 0 saturated carbocycles. The summed E-state index contributed by atoms with van der Waals surface area (Å²) in [6.07, 6.45) is 0. The van der Waals surface area contributed by atoms with Gasteiger partial charge in [0, 0.05) is 10.2 Å². The predicted molar refractivity (Wildman–Crippen MR) is 95.9 cm³/mol. The van der Waals surface area contributed by atoms with Crippen LogP contribution in [-0.2, 0) is 11.3 Å². The van der Waals surface area contributed by atoms with Crippen molar-refractivity contribution in [1.82, 2.24) is 0 Å². The third kappa shape index (κ3) is 5.04. The van der Waals surface area contributed by atoms with Gasteiger partial charge in [-0.25, -0.2) is 4.39 Å². The number of carbonyl (C=O) groups excluding carboxylic acids is 1. The van der Waals surface area contributed by atoms with Crippen molar-refractivity contribution in [3.05, 3.63) is 57.8 Å². The van der Waals surface area contributed by atoms with E-state index in [0.717, 1.165) is 26.2 Å². The van der Waals surface area contributed by atoms with E-state index >= 15 is 0 Å². The molecule has 1 atom stereocenters. The summed E-state index contributed by atoms with van der Waals surface area (Å²) in [6, 6.07) is 10.1. The first kappa shape index (κ1) is 18.4. The quantitative estimate of drug-likeness (QED) is 0.789. The van der Waals surface area contributed by atoms with Crippen LogP contribution in [0, 0.1) is 12.7 Å². The lowest BCUT2D eigenvalue weighted by atomic mass is 10.2. The van der Waals surface area contributed by atoms with Crippen molar-refractivity contribution in [1.29, 1.82) is 0 Å². The first-order valence-corrected chi connectivity index (χ1v) is 8.38. The lowest BCUT2D eigenvalue weighted by molar-refractivity contribution is -0.885. The van der Waals surface area contributed by atoms with Crippen LogP contribution in [0.1, 0.15) is 11.1 Å². The van der Waals surface area contributed by atoms with Crippen molar-refractivity contribution in [2.45, 2.75) is 13.5 Å². The topological polar surface area (TPSA) is 42.8 Å². The number of carbonyl (C=O) groups is 1. The molecule has 0 aliphatic heterocycles. The fraction of sp³-hybridized carbons (Fsp3) is 0.278. The van der Waals surface area contributed by atoms with Gasteiger partial charge in [-0.05, 0) is 48.9 Å². The van der Waals surface area contributed by atoms with Gasteiger partial charge in [-0.1, -0.05) is 15.9 Å². The molecule has 128 valence electrons. The van der Waals surface area contributed by atoms with Crippen molar-refractivity contribution >= 4 is 27.5 Å². The highest BCUT2D eigenvalue weighted by molar-refractivity contribution is 9.10. The van der Waals surface area contributed by atoms with E-state index in [4.69, 9.17) is 4.74 Å². The van der Waals surface area contributed by atoms with E-state index in [1.807, 2.05) is 32.2 Å². The summed E-state index contributed by atoms with van der Waals surface area (Å²) in [7, 11) is 3.44. The molecule has 0 spiro atoms. The Morgan fingerprint density at radius 3 is 2.71 bits per heavy atom. The first-order chi connectivity index (χ1) is 11.4. The Hall–Kier alpha value is -1.92. The molecule has 2 rings (SSSR count). The fourth-order valence-corrected chi connectivity index (χ4v) is 2.98. The molecule has 0 aromatic heterocycles. The molecule has 2 aromatic rings. The minimum atomic E-state index is -0.312. The number of amides is 1. The number of rotatable bonds is 6. The molecule has 0 saturated heterocycles. The number of likely N-dealkylation sites (N-methyl/N-ethyl adjacent to an activating group) is 1. The molecule has 6 heteroatoms. The van der Waals surface area contributed by atoms with E-state index in [1.54, 1.807) is 13.2 Å². The fourth-order valence-electron chi connectivity index (χ4n) is 2.51. The lowest BCUT2D eigenvalue weighted by Gasteiger charge is -2.16. The number of anilines is 1. The van der Waals surface area contributed by atoms with E-state index in [-0.39, 0.29) is 18.3 Å². The van der Waals surface area contributed by atoms with Gasteiger partial charge < -0.3 is 15.0 Å². The number of ether oxygens (including phenoxy) is 1. The minimum absolute atomic E-state index is 0.0895. The second kappa shape index (κ2) is 8.26. The lowest BCUT2D eigenvalue weighted by Crippen LogP contribution is -3.08. The second-order valence-corrected chi connectivity index (χ2v) is 6.69. The van der Waals surface area contributed by atoms with Crippen molar-refractivity contribution in [2.75, 3.05) is 26.0 Å². The number of benzene rings is 2. The summed E-state index contributed by atoms with van der Waals surface area (Å²) in [4.78, 5) is 13.2. The average molecular weight is 396 g/mol. The molecule has 0 aliphatic carbocycles. The van der Waals surface area contributed by atoms with Crippen LogP contribution in [-0.4, -0.2) is 26.6 Å². The summed E-state index contributed by atoms with van der Waals surface area (Å²) in [5, 5.41) is 2.91. The molecule has 0 aliphatic rings. The van der Waals surface area contributed by atoms with Gasteiger partial charge in [-0.3, -0.25) is 4.79 Å².